The highest BCUT2D eigenvalue weighted by Gasteiger charge is 2.29. The van der Waals surface area contributed by atoms with E-state index in [1.165, 1.54) is 24.8 Å². The maximum atomic E-state index is 12.5. The van der Waals surface area contributed by atoms with Gasteiger partial charge in [0.25, 0.3) is 0 Å². The Morgan fingerprint density at radius 2 is 1.86 bits per heavy atom. The molecule has 21 heavy (non-hydrogen) atoms. The predicted molar refractivity (Wildman–Crippen MR) is 83.4 cm³/mol. The summed E-state index contributed by atoms with van der Waals surface area (Å²) in [5, 5.41) is 3.24. The van der Waals surface area contributed by atoms with Gasteiger partial charge in [-0.25, -0.2) is 13.1 Å². The summed E-state index contributed by atoms with van der Waals surface area (Å²) in [7, 11) is -3.40. The van der Waals surface area contributed by atoms with Crippen LogP contribution >= 0.6 is 0 Å². The number of hydrogen-bond donors (Lipinski definition) is 2. The molecule has 2 aliphatic rings. The summed E-state index contributed by atoms with van der Waals surface area (Å²) in [5.74, 6) is 0. The van der Waals surface area contributed by atoms with Gasteiger partial charge in [0.15, 0.2) is 0 Å². The zero-order valence-corrected chi connectivity index (χ0v) is 13.4. The molecule has 1 fully saturated rings. The third kappa shape index (κ3) is 3.30. The Balaban J connectivity index is 1.72. The molecular weight excluding hydrogens is 284 g/mol. The highest BCUT2D eigenvalue weighted by atomic mass is 32.2. The zero-order valence-electron chi connectivity index (χ0n) is 12.6. The molecule has 1 saturated carbocycles. The lowest BCUT2D eigenvalue weighted by Gasteiger charge is -2.33. The van der Waals surface area contributed by atoms with Crippen LogP contribution in [0.5, 0.6) is 0 Å². The average Bonchev–Trinajstić information content (AvgIpc) is 2.94. The van der Waals surface area contributed by atoms with Crippen molar-refractivity contribution in [2.24, 2.45) is 5.41 Å². The largest absolute Gasteiger partial charge is 0.309 e. The molecule has 1 aromatic rings. The molecule has 1 aliphatic carbocycles. The second-order valence-corrected chi connectivity index (χ2v) is 8.50. The van der Waals surface area contributed by atoms with Gasteiger partial charge in [0, 0.05) is 19.6 Å². The van der Waals surface area contributed by atoms with Gasteiger partial charge in [0.05, 0.1) is 4.90 Å². The number of sulfonamides is 1. The first-order valence-electron chi connectivity index (χ1n) is 7.81. The summed E-state index contributed by atoms with van der Waals surface area (Å²) in [6.45, 7) is 4.34. The fraction of sp³-hybridized carbons (Fsp3) is 0.625. The molecule has 3 rings (SSSR count). The minimum atomic E-state index is -3.40. The molecule has 4 nitrogen and oxygen atoms in total. The van der Waals surface area contributed by atoms with Gasteiger partial charge in [-0.2, -0.15) is 0 Å². The van der Waals surface area contributed by atoms with Crippen molar-refractivity contribution in [2.75, 3.05) is 6.54 Å². The molecule has 116 valence electrons. The first-order chi connectivity index (χ1) is 9.99. The average molecular weight is 308 g/mol. The standard InChI is InChI=1S/C16H24N2O2S/c1-16(7-3-2-4-8-16)12-18-21(19,20)15-6-5-13-10-17-11-14(13)9-15/h5-6,9,17-18H,2-4,7-8,10-12H2,1H3. The monoisotopic (exact) mass is 308 g/mol. The summed E-state index contributed by atoms with van der Waals surface area (Å²) in [5.41, 5.74) is 2.42. The molecule has 0 atom stereocenters. The number of nitrogens with one attached hydrogen (secondary N) is 2. The Hall–Kier alpha value is -0.910. The molecule has 0 radical (unpaired) electrons. The van der Waals surface area contributed by atoms with Gasteiger partial charge < -0.3 is 5.32 Å². The Kier molecular flexibility index (Phi) is 4.08. The van der Waals surface area contributed by atoms with Crippen molar-refractivity contribution in [3.05, 3.63) is 29.3 Å². The molecule has 1 heterocycles. The smallest absolute Gasteiger partial charge is 0.240 e. The molecule has 0 amide bonds. The second kappa shape index (κ2) is 5.71. The number of fused-ring (bicyclic) bond motifs is 1. The van der Waals surface area contributed by atoms with Crippen LogP contribution in [-0.4, -0.2) is 15.0 Å². The van der Waals surface area contributed by atoms with Gasteiger partial charge in [0.2, 0.25) is 10.0 Å². The Morgan fingerprint density at radius 1 is 1.14 bits per heavy atom. The van der Waals surface area contributed by atoms with Gasteiger partial charge in [-0.05, 0) is 41.5 Å². The SMILES string of the molecule is CC1(CNS(=O)(=O)c2ccc3c(c2)CNC3)CCCCC1. The van der Waals surface area contributed by atoms with Crippen LogP contribution in [0, 0.1) is 5.41 Å². The highest BCUT2D eigenvalue weighted by molar-refractivity contribution is 7.89. The van der Waals surface area contributed by atoms with E-state index in [2.05, 4.69) is 17.0 Å². The van der Waals surface area contributed by atoms with Crippen LogP contribution in [0.1, 0.15) is 50.2 Å². The lowest BCUT2D eigenvalue weighted by molar-refractivity contribution is 0.219. The quantitative estimate of drug-likeness (QED) is 0.898. The molecule has 2 N–H and O–H groups in total. The molecule has 0 saturated heterocycles. The van der Waals surface area contributed by atoms with Crippen LogP contribution in [0.2, 0.25) is 0 Å². The Labute approximate surface area is 127 Å². The molecule has 0 unspecified atom stereocenters. The van der Waals surface area contributed by atoms with Crippen LogP contribution in [0.4, 0.5) is 0 Å². The van der Waals surface area contributed by atoms with E-state index in [0.29, 0.717) is 11.4 Å². The van der Waals surface area contributed by atoms with Crippen molar-refractivity contribution < 1.29 is 8.42 Å². The van der Waals surface area contributed by atoms with Crippen molar-refractivity contribution in [3.8, 4) is 0 Å². The summed E-state index contributed by atoms with van der Waals surface area (Å²) in [6, 6.07) is 5.45. The molecule has 1 aromatic carbocycles. The molecule has 0 bridgehead atoms. The van der Waals surface area contributed by atoms with Gasteiger partial charge >= 0.3 is 0 Å². The summed E-state index contributed by atoms with van der Waals surface area (Å²) >= 11 is 0. The first-order valence-corrected chi connectivity index (χ1v) is 9.29. The topological polar surface area (TPSA) is 58.2 Å². The minimum Gasteiger partial charge on any atom is -0.309 e. The van der Waals surface area contributed by atoms with Crippen molar-refractivity contribution in [1.82, 2.24) is 10.0 Å². The number of benzene rings is 1. The third-order valence-corrected chi connectivity index (χ3v) is 6.27. The van der Waals surface area contributed by atoms with Gasteiger partial charge in [0.1, 0.15) is 0 Å². The van der Waals surface area contributed by atoms with Crippen molar-refractivity contribution >= 4 is 10.0 Å². The van der Waals surface area contributed by atoms with E-state index in [-0.39, 0.29) is 5.41 Å². The first kappa shape index (κ1) is 15.0. The number of rotatable bonds is 4. The van der Waals surface area contributed by atoms with E-state index in [1.807, 2.05) is 6.07 Å². The summed E-state index contributed by atoms with van der Waals surface area (Å²) in [4.78, 5) is 0.393. The van der Waals surface area contributed by atoms with E-state index in [1.54, 1.807) is 12.1 Å². The van der Waals surface area contributed by atoms with Crippen LogP contribution in [0.3, 0.4) is 0 Å². The fourth-order valence-electron chi connectivity index (χ4n) is 3.37. The van der Waals surface area contributed by atoms with Crippen molar-refractivity contribution in [3.63, 3.8) is 0 Å². The molecule has 5 heteroatoms. The predicted octanol–water partition coefficient (Wildman–Crippen LogP) is 2.54. The maximum Gasteiger partial charge on any atom is 0.240 e. The number of hydrogen-bond acceptors (Lipinski definition) is 3. The minimum absolute atomic E-state index is 0.115. The zero-order chi connectivity index (χ0) is 14.9. The molecular formula is C16H24N2O2S. The van der Waals surface area contributed by atoms with Crippen molar-refractivity contribution in [1.29, 1.82) is 0 Å². The highest BCUT2D eigenvalue weighted by Crippen LogP contribution is 2.35. The molecule has 0 spiro atoms. The van der Waals surface area contributed by atoms with Crippen LogP contribution in [-0.2, 0) is 23.1 Å². The summed E-state index contributed by atoms with van der Waals surface area (Å²) in [6.07, 6.45) is 5.93. The maximum absolute atomic E-state index is 12.5. The molecule has 0 aromatic heterocycles. The fourth-order valence-corrected chi connectivity index (χ4v) is 4.62. The normalized spacial score (nSPS) is 21.2. The van der Waals surface area contributed by atoms with Crippen molar-refractivity contribution in [2.45, 2.75) is 57.0 Å². The van der Waals surface area contributed by atoms with Gasteiger partial charge in [-0.15, -0.1) is 0 Å². The third-order valence-electron chi connectivity index (χ3n) is 4.87. The van der Waals surface area contributed by atoms with E-state index < -0.39 is 10.0 Å². The van der Waals surface area contributed by atoms with Crippen LogP contribution < -0.4 is 10.0 Å². The lowest BCUT2D eigenvalue weighted by Crippen LogP contribution is -2.37. The van der Waals surface area contributed by atoms with Gasteiger partial charge in [-0.1, -0.05) is 32.3 Å². The van der Waals surface area contributed by atoms with E-state index in [9.17, 15) is 8.42 Å². The Morgan fingerprint density at radius 3 is 2.62 bits per heavy atom. The van der Waals surface area contributed by atoms with E-state index in [0.717, 1.165) is 31.5 Å². The van der Waals surface area contributed by atoms with Gasteiger partial charge in [-0.3, -0.25) is 0 Å². The summed E-state index contributed by atoms with van der Waals surface area (Å²) < 4.78 is 27.8. The second-order valence-electron chi connectivity index (χ2n) is 6.73. The van der Waals surface area contributed by atoms with E-state index >= 15 is 0 Å². The Bertz CT molecular complexity index is 619. The lowest BCUT2D eigenvalue weighted by atomic mass is 9.76. The van der Waals surface area contributed by atoms with Crippen LogP contribution in [0.25, 0.3) is 0 Å². The van der Waals surface area contributed by atoms with Crippen LogP contribution in [0.15, 0.2) is 23.1 Å². The van der Waals surface area contributed by atoms with E-state index in [4.69, 9.17) is 0 Å². The molecule has 1 aliphatic heterocycles.